The fourth-order valence-electron chi connectivity index (χ4n) is 1.58. The Bertz CT molecular complexity index is 278. The van der Waals surface area contributed by atoms with E-state index in [1.165, 1.54) is 10.0 Å². The first-order chi connectivity index (χ1) is 5.93. The minimum atomic E-state index is 0.167. The van der Waals surface area contributed by atoms with E-state index in [4.69, 9.17) is 11.6 Å². The minimum Gasteiger partial charge on any atom is -0.151 e. The topological polar surface area (TPSA) is 0 Å². The van der Waals surface area contributed by atoms with E-state index >= 15 is 0 Å². The highest BCUT2D eigenvalue weighted by molar-refractivity contribution is 9.10. The second-order valence-corrected chi connectivity index (χ2v) is 6.35. The minimum absolute atomic E-state index is 0.167. The van der Waals surface area contributed by atoms with Crippen molar-refractivity contribution < 1.29 is 0 Å². The number of alkyl halides is 1. The van der Waals surface area contributed by atoms with Crippen molar-refractivity contribution in [3.63, 3.8) is 0 Å². The van der Waals surface area contributed by atoms with Gasteiger partial charge in [0, 0.05) is 15.2 Å². The molecule has 0 aliphatic carbocycles. The molecule has 0 saturated heterocycles. The Balaban J connectivity index is 2.87. The van der Waals surface area contributed by atoms with Crippen molar-refractivity contribution in [1.82, 2.24) is 0 Å². The molecular formula is C10H14BrClS. The third kappa shape index (κ3) is 2.97. The van der Waals surface area contributed by atoms with Gasteiger partial charge in [0.05, 0.1) is 0 Å². The van der Waals surface area contributed by atoms with E-state index in [9.17, 15) is 0 Å². The molecule has 1 aromatic heterocycles. The summed E-state index contributed by atoms with van der Waals surface area (Å²) in [5.74, 6) is 0. The van der Waals surface area contributed by atoms with Gasteiger partial charge in [-0.15, -0.1) is 11.6 Å². The number of hydrogen-bond donors (Lipinski definition) is 0. The predicted molar refractivity (Wildman–Crippen MR) is 65.0 cm³/mol. The van der Waals surface area contributed by atoms with Crippen molar-refractivity contribution in [2.45, 2.75) is 38.0 Å². The lowest BCUT2D eigenvalue weighted by molar-refractivity contribution is 0.476. The summed E-state index contributed by atoms with van der Waals surface area (Å²) in [6.45, 7) is 6.51. The molecule has 0 nitrogen and oxygen atoms in total. The van der Waals surface area contributed by atoms with E-state index in [1.807, 2.05) is 6.92 Å². The lowest BCUT2D eigenvalue weighted by atomic mass is 9.82. The van der Waals surface area contributed by atoms with Crippen molar-refractivity contribution in [3.8, 4) is 0 Å². The maximum atomic E-state index is 6.02. The van der Waals surface area contributed by atoms with Crippen LogP contribution in [0.25, 0.3) is 0 Å². The van der Waals surface area contributed by atoms with E-state index in [0.29, 0.717) is 0 Å². The quantitative estimate of drug-likeness (QED) is 0.698. The van der Waals surface area contributed by atoms with Crippen LogP contribution in [0.2, 0.25) is 0 Å². The van der Waals surface area contributed by atoms with Gasteiger partial charge in [0.15, 0.2) is 0 Å². The third-order valence-electron chi connectivity index (χ3n) is 2.14. The van der Waals surface area contributed by atoms with Gasteiger partial charge in [-0.2, -0.15) is 11.3 Å². The molecule has 1 atom stereocenters. The molecule has 0 aromatic carbocycles. The zero-order chi connectivity index (χ0) is 10.1. The van der Waals surface area contributed by atoms with Crippen LogP contribution in [0.5, 0.6) is 0 Å². The number of halogens is 2. The largest absolute Gasteiger partial charge is 0.151 e. The smallest absolute Gasteiger partial charge is 0.0319 e. The molecule has 3 heteroatoms. The molecule has 0 radical (unpaired) electrons. The standard InChI is InChI=1S/C10H14BrClS/c1-7(12)4-10(2,3)8-5-13-6-9(8)11/h5-7H,4H2,1-3H3. The van der Waals surface area contributed by atoms with Crippen molar-refractivity contribution in [2.24, 2.45) is 0 Å². The first-order valence-corrected chi connectivity index (χ1v) is 6.47. The van der Waals surface area contributed by atoms with E-state index in [0.717, 1.165) is 6.42 Å². The monoisotopic (exact) mass is 280 g/mol. The summed E-state index contributed by atoms with van der Waals surface area (Å²) in [7, 11) is 0. The molecule has 1 unspecified atom stereocenters. The van der Waals surface area contributed by atoms with Crippen LogP contribution in [0, 0.1) is 0 Å². The summed E-state index contributed by atoms with van der Waals surface area (Å²) in [6.07, 6.45) is 1.00. The van der Waals surface area contributed by atoms with Gasteiger partial charge in [-0.1, -0.05) is 13.8 Å². The summed E-state index contributed by atoms with van der Waals surface area (Å²) >= 11 is 11.3. The van der Waals surface area contributed by atoms with Crippen LogP contribution in [-0.4, -0.2) is 5.38 Å². The van der Waals surface area contributed by atoms with Crippen LogP contribution in [0.3, 0.4) is 0 Å². The van der Waals surface area contributed by atoms with E-state index in [-0.39, 0.29) is 10.8 Å². The molecule has 0 N–H and O–H groups in total. The number of rotatable bonds is 3. The third-order valence-corrected chi connectivity index (χ3v) is 3.99. The SMILES string of the molecule is CC(Cl)CC(C)(C)c1cscc1Br. The van der Waals surface area contributed by atoms with Crippen LogP contribution in [0.4, 0.5) is 0 Å². The second-order valence-electron chi connectivity index (χ2n) is 4.00. The molecule has 1 heterocycles. The molecule has 1 aromatic rings. The van der Waals surface area contributed by atoms with Gasteiger partial charge in [0.25, 0.3) is 0 Å². The molecular weight excluding hydrogens is 268 g/mol. The maximum Gasteiger partial charge on any atom is 0.0319 e. The molecule has 0 aliphatic rings. The van der Waals surface area contributed by atoms with Crippen molar-refractivity contribution in [1.29, 1.82) is 0 Å². The summed E-state index contributed by atoms with van der Waals surface area (Å²) < 4.78 is 1.21. The predicted octanol–water partition coefficient (Wildman–Crippen LogP) is 4.81. The Morgan fingerprint density at radius 2 is 2.15 bits per heavy atom. The highest BCUT2D eigenvalue weighted by Gasteiger charge is 2.25. The lowest BCUT2D eigenvalue weighted by Gasteiger charge is -2.25. The maximum absolute atomic E-state index is 6.02. The van der Waals surface area contributed by atoms with E-state index in [1.54, 1.807) is 11.3 Å². The first-order valence-electron chi connectivity index (χ1n) is 4.30. The molecule has 0 spiro atoms. The molecule has 74 valence electrons. The van der Waals surface area contributed by atoms with Crippen LogP contribution in [-0.2, 0) is 5.41 Å². The molecule has 0 fully saturated rings. The van der Waals surface area contributed by atoms with Gasteiger partial charge in [-0.05, 0) is 45.6 Å². The summed E-state index contributed by atoms with van der Waals surface area (Å²) in [5, 5.41) is 4.54. The number of thiophene rings is 1. The molecule has 1 rings (SSSR count). The van der Waals surface area contributed by atoms with Crippen molar-refractivity contribution in [2.75, 3.05) is 0 Å². The Labute approximate surface area is 97.4 Å². The average Bonchev–Trinajstić information content (AvgIpc) is 2.32. The van der Waals surface area contributed by atoms with Crippen LogP contribution < -0.4 is 0 Å². The molecule has 0 bridgehead atoms. The number of hydrogen-bond acceptors (Lipinski definition) is 1. The Morgan fingerprint density at radius 1 is 1.54 bits per heavy atom. The normalized spacial score (nSPS) is 14.5. The van der Waals surface area contributed by atoms with Crippen molar-refractivity contribution >= 4 is 38.9 Å². The fraction of sp³-hybridized carbons (Fsp3) is 0.600. The van der Waals surface area contributed by atoms with Gasteiger partial charge in [0.2, 0.25) is 0 Å². The summed E-state index contributed by atoms with van der Waals surface area (Å²) in [5.41, 5.74) is 1.53. The fourth-order valence-corrected chi connectivity index (χ4v) is 3.99. The van der Waals surface area contributed by atoms with Gasteiger partial charge in [0.1, 0.15) is 0 Å². The summed E-state index contributed by atoms with van der Waals surface area (Å²) in [6, 6.07) is 0. The first kappa shape index (κ1) is 11.5. The van der Waals surface area contributed by atoms with Gasteiger partial charge >= 0.3 is 0 Å². The van der Waals surface area contributed by atoms with Gasteiger partial charge in [-0.3, -0.25) is 0 Å². The highest BCUT2D eigenvalue weighted by Crippen LogP contribution is 2.36. The Hall–Kier alpha value is 0.470. The zero-order valence-electron chi connectivity index (χ0n) is 8.10. The van der Waals surface area contributed by atoms with Crippen LogP contribution >= 0.6 is 38.9 Å². The lowest BCUT2D eigenvalue weighted by Crippen LogP contribution is -2.20. The molecule has 0 amide bonds. The second kappa shape index (κ2) is 4.33. The molecule has 0 saturated carbocycles. The Morgan fingerprint density at radius 3 is 2.54 bits per heavy atom. The summed E-state index contributed by atoms with van der Waals surface area (Å²) in [4.78, 5) is 0. The van der Waals surface area contributed by atoms with Crippen LogP contribution in [0.1, 0.15) is 32.8 Å². The zero-order valence-corrected chi connectivity index (χ0v) is 11.3. The van der Waals surface area contributed by atoms with Crippen molar-refractivity contribution in [3.05, 3.63) is 20.8 Å². The van der Waals surface area contributed by atoms with Crippen LogP contribution in [0.15, 0.2) is 15.2 Å². The van der Waals surface area contributed by atoms with E-state index in [2.05, 4.69) is 40.5 Å². The van der Waals surface area contributed by atoms with Gasteiger partial charge < -0.3 is 0 Å². The van der Waals surface area contributed by atoms with E-state index < -0.39 is 0 Å². The molecule has 13 heavy (non-hydrogen) atoms. The molecule has 0 aliphatic heterocycles. The van der Waals surface area contributed by atoms with Gasteiger partial charge in [-0.25, -0.2) is 0 Å². The Kier molecular flexibility index (Phi) is 3.84. The average molecular weight is 282 g/mol. The highest BCUT2D eigenvalue weighted by atomic mass is 79.9.